The molecule has 0 aromatic rings. The van der Waals surface area contributed by atoms with Gasteiger partial charge in [-0.1, -0.05) is 0 Å². The molecule has 0 spiro atoms. The maximum atomic E-state index is 10.7. The molecular weight excluding hydrogens is 294 g/mol. The highest BCUT2D eigenvalue weighted by molar-refractivity contribution is 14.1. The molecule has 0 aromatic heterocycles. The Morgan fingerprint density at radius 1 is 1.73 bits per heavy atom. The van der Waals surface area contributed by atoms with Crippen LogP contribution in [-0.4, -0.2) is 25.4 Å². The Hall–Kier alpha value is 0.925. The number of carbonyl (C=O) groups is 1. The third kappa shape index (κ3) is 8.83. The van der Waals surface area contributed by atoms with Gasteiger partial charge in [0, 0.05) is 12.2 Å². The van der Waals surface area contributed by atoms with Crippen molar-refractivity contribution < 1.29 is 4.79 Å². The van der Waals surface area contributed by atoms with Crippen molar-refractivity contribution in [3.8, 4) is 0 Å². The Kier molecular flexibility index (Phi) is 9.77. The molecule has 1 amide bonds. The lowest BCUT2D eigenvalue weighted by molar-refractivity contribution is -0.118. The summed E-state index contributed by atoms with van der Waals surface area (Å²) in [7, 11) is 5.11. The van der Waals surface area contributed by atoms with Gasteiger partial charge in [-0.2, -0.15) is 0 Å². The largest absolute Gasteiger partial charge is 0.352 e. The molecular formula is C4H9BIN2OS2. The number of rotatable bonds is 6. The van der Waals surface area contributed by atoms with Gasteiger partial charge in [-0.05, 0) is 7.05 Å². The highest BCUT2D eigenvalue weighted by Gasteiger charge is 1.97. The summed E-state index contributed by atoms with van der Waals surface area (Å²) in [4.78, 5) is 10.7. The maximum absolute atomic E-state index is 10.7. The van der Waals surface area contributed by atoms with Crippen LogP contribution >= 0.6 is 44.3 Å². The highest BCUT2D eigenvalue weighted by Crippen LogP contribution is 2.18. The molecule has 0 aliphatic heterocycles. The van der Waals surface area contributed by atoms with Crippen molar-refractivity contribution in [3.05, 3.63) is 0 Å². The van der Waals surface area contributed by atoms with Gasteiger partial charge < -0.3 is 5.23 Å². The first-order chi connectivity index (χ1) is 5.31. The van der Waals surface area contributed by atoms with Crippen molar-refractivity contribution in [2.24, 2.45) is 0 Å². The van der Waals surface area contributed by atoms with Gasteiger partial charge in [0.2, 0.25) is 5.91 Å². The van der Waals surface area contributed by atoms with Gasteiger partial charge in [-0.25, -0.2) is 0 Å². The summed E-state index contributed by atoms with van der Waals surface area (Å²) < 4.78 is 2.54. The monoisotopic (exact) mass is 303 g/mol. The summed E-state index contributed by atoms with van der Waals surface area (Å²) in [5.74, 6) is 0.931. The number of hydrogen-bond acceptors (Lipinski definition) is 4. The predicted molar refractivity (Wildman–Crippen MR) is 61.6 cm³/mol. The van der Waals surface area contributed by atoms with Crippen LogP contribution in [0.2, 0.25) is 0 Å². The topological polar surface area (TPSA) is 41.1 Å². The van der Waals surface area contributed by atoms with Gasteiger partial charge >= 0.3 is 0 Å². The number of nitrogens with one attached hydrogen (secondary N) is 2. The molecule has 3 nitrogen and oxygen atoms in total. The van der Waals surface area contributed by atoms with Crippen molar-refractivity contribution in [2.45, 2.75) is 6.42 Å². The van der Waals surface area contributed by atoms with E-state index in [1.165, 1.54) is 0 Å². The summed E-state index contributed by atoms with van der Waals surface area (Å²) in [5.41, 5.74) is 0. The van der Waals surface area contributed by atoms with E-state index in [2.05, 4.69) is 8.76 Å². The van der Waals surface area contributed by atoms with Crippen LogP contribution in [0.25, 0.3) is 0 Å². The van der Waals surface area contributed by atoms with Crippen molar-refractivity contribution in [1.82, 2.24) is 8.76 Å². The van der Waals surface area contributed by atoms with Gasteiger partial charge in [0.05, 0.1) is 22.9 Å². The van der Waals surface area contributed by atoms with E-state index in [9.17, 15) is 4.79 Å². The Bertz CT molecular complexity index is 118. The predicted octanol–water partition coefficient (Wildman–Crippen LogP) is 0.978. The zero-order valence-electron chi connectivity index (χ0n) is 6.09. The van der Waals surface area contributed by atoms with Crippen LogP contribution in [0, 0.1) is 0 Å². The molecule has 0 heterocycles. The van der Waals surface area contributed by atoms with Crippen LogP contribution in [0.4, 0.5) is 0 Å². The Morgan fingerprint density at radius 3 is 3.00 bits per heavy atom. The highest BCUT2D eigenvalue weighted by atomic mass is 127. The molecule has 0 rings (SSSR count). The van der Waals surface area contributed by atoms with Crippen molar-refractivity contribution in [2.75, 3.05) is 12.8 Å². The Morgan fingerprint density at radius 2 is 2.45 bits per heavy atom. The van der Waals surface area contributed by atoms with Crippen LogP contribution in [0.1, 0.15) is 6.42 Å². The first-order valence-corrected chi connectivity index (χ1v) is 6.44. The van der Waals surface area contributed by atoms with Gasteiger partial charge in [0.15, 0.2) is 0 Å². The fraction of sp³-hybridized carbons (Fsp3) is 0.750. The first kappa shape index (κ1) is 11.9. The SMILES string of the molecule is CN[B]SSCCC(=O)NI. The average Bonchev–Trinajstić information content (AvgIpc) is 2.04. The van der Waals surface area contributed by atoms with E-state index in [1.807, 2.05) is 36.6 Å². The van der Waals surface area contributed by atoms with E-state index < -0.39 is 0 Å². The first-order valence-electron chi connectivity index (χ1n) is 2.98. The molecule has 0 saturated heterocycles. The lowest BCUT2D eigenvalue weighted by Gasteiger charge is -1.97. The Labute approximate surface area is 89.3 Å². The molecule has 0 aliphatic carbocycles. The zero-order chi connectivity index (χ0) is 8.53. The molecule has 11 heavy (non-hydrogen) atoms. The maximum Gasteiger partial charge on any atom is 0.300 e. The van der Waals surface area contributed by atoms with Crippen LogP contribution in [0.3, 0.4) is 0 Å². The standard InChI is InChI=1S/C4H9BIN2OS2/c1-7-5-11-10-3-2-4(9)8-6/h7H,2-3H2,1H3,(H,8,9). The van der Waals surface area contributed by atoms with Crippen LogP contribution < -0.4 is 8.76 Å². The summed E-state index contributed by atoms with van der Waals surface area (Å²) in [5, 5.41) is 2.88. The number of hydrogen-bond donors (Lipinski definition) is 2. The fourth-order valence-electron chi connectivity index (χ4n) is 0.312. The smallest absolute Gasteiger partial charge is 0.300 e. The van der Waals surface area contributed by atoms with E-state index in [0.717, 1.165) is 5.75 Å². The minimum atomic E-state index is 0.0863. The van der Waals surface area contributed by atoms with Crippen molar-refractivity contribution in [1.29, 1.82) is 0 Å². The molecule has 0 aliphatic rings. The quantitative estimate of drug-likeness (QED) is 0.252. The lowest BCUT2D eigenvalue weighted by Crippen LogP contribution is -2.12. The molecule has 0 fully saturated rings. The second-order valence-corrected chi connectivity index (χ2v) is 4.49. The minimum Gasteiger partial charge on any atom is -0.352 e. The van der Waals surface area contributed by atoms with Crippen LogP contribution in [-0.2, 0) is 4.79 Å². The van der Waals surface area contributed by atoms with E-state index in [0.29, 0.717) is 6.42 Å². The summed E-state index contributed by atoms with van der Waals surface area (Å²) in [6.45, 7) is 1.88. The number of halogens is 1. The number of carbonyl (C=O) groups excluding carboxylic acids is 1. The van der Waals surface area contributed by atoms with E-state index in [1.54, 1.807) is 21.4 Å². The lowest BCUT2D eigenvalue weighted by atomic mass is 10.4. The van der Waals surface area contributed by atoms with Gasteiger partial charge in [0.1, 0.15) is 0 Å². The van der Waals surface area contributed by atoms with E-state index >= 15 is 0 Å². The molecule has 63 valence electrons. The second kappa shape index (κ2) is 9.02. The van der Waals surface area contributed by atoms with Gasteiger partial charge in [0.25, 0.3) is 6.69 Å². The molecule has 0 aromatic carbocycles. The molecule has 2 N–H and O–H groups in total. The van der Waals surface area contributed by atoms with E-state index in [4.69, 9.17) is 0 Å². The Balaban J connectivity index is 2.95. The molecule has 0 saturated carbocycles. The van der Waals surface area contributed by atoms with Crippen LogP contribution in [0.5, 0.6) is 0 Å². The molecule has 7 heteroatoms. The van der Waals surface area contributed by atoms with E-state index in [-0.39, 0.29) is 5.91 Å². The molecule has 0 unspecified atom stereocenters. The third-order valence-electron chi connectivity index (χ3n) is 0.752. The van der Waals surface area contributed by atoms with Crippen molar-refractivity contribution in [3.63, 3.8) is 0 Å². The average molecular weight is 303 g/mol. The normalized spacial score (nSPS) is 9.27. The van der Waals surface area contributed by atoms with Gasteiger partial charge in [-0.15, -0.1) is 21.4 Å². The molecule has 0 atom stereocenters. The fourth-order valence-corrected chi connectivity index (χ4v) is 2.14. The third-order valence-corrected chi connectivity index (χ3v) is 3.39. The molecule has 0 bridgehead atoms. The summed E-state index contributed by atoms with van der Waals surface area (Å²) in [6.07, 6.45) is 0.582. The van der Waals surface area contributed by atoms with Crippen molar-refractivity contribution >= 4 is 56.9 Å². The zero-order valence-corrected chi connectivity index (χ0v) is 9.88. The molecule has 1 radical (unpaired) electrons. The van der Waals surface area contributed by atoms with Crippen LogP contribution in [0.15, 0.2) is 0 Å². The summed E-state index contributed by atoms with van der Waals surface area (Å²) in [6, 6.07) is 0. The summed E-state index contributed by atoms with van der Waals surface area (Å²) >= 11 is 1.85. The van der Waals surface area contributed by atoms with Gasteiger partial charge in [-0.3, -0.25) is 8.32 Å². The number of amides is 1. The minimum absolute atomic E-state index is 0.0863. The second-order valence-electron chi connectivity index (χ2n) is 1.59.